The number of amides is 1. The van der Waals surface area contributed by atoms with Gasteiger partial charge in [-0.05, 0) is 37.1 Å². The molecule has 1 heterocycles. The number of rotatable bonds is 5. The molecular formula is C14H15N3O3S. The highest BCUT2D eigenvalue weighted by Crippen LogP contribution is 2.17. The molecule has 0 atom stereocenters. The summed E-state index contributed by atoms with van der Waals surface area (Å²) in [5.41, 5.74) is 2.96. The molecule has 2 aromatic rings. The van der Waals surface area contributed by atoms with Crippen LogP contribution in [0.1, 0.15) is 21.6 Å². The summed E-state index contributed by atoms with van der Waals surface area (Å²) in [5.74, 6) is -1.12. The monoisotopic (exact) mass is 305 g/mol. The van der Waals surface area contributed by atoms with Crippen molar-refractivity contribution in [2.45, 2.75) is 19.0 Å². The Labute approximate surface area is 126 Å². The van der Waals surface area contributed by atoms with E-state index in [1.54, 1.807) is 0 Å². The number of benzene rings is 1. The van der Waals surface area contributed by atoms with E-state index in [0.29, 0.717) is 5.16 Å². The van der Waals surface area contributed by atoms with Crippen molar-refractivity contribution in [3.05, 3.63) is 41.2 Å². The zero-order valence-corrected chi connectivity index (χ0v) is 12.5. The Hall–Kier alpha value is -2.28. The molecule has 21 heavy (non-hydrogen) atoms. The molecule has 0 fully saturated rings. The van der Waals surface area contributed by atoms with E-state index in [1.807, 2.05) is 32.0 Å². The zero-order valence-electron chi connectivity index (χ0n) is 11.6. The normalized spacial score (nSPS) is 10.4. The number of carbonyl (C=O) groups excluding carboxylic acids is 1. The number of carboxylic acids is 1. The minimum Gasteiger partial charge on any atom is -0.476 e. The summed E-state index contributed by atoms with van der Waals surface area (Å²) >= 11 is 1.15. The predicted molar refractivity (Wildman–Crippen MR) is 80.8 cm³/mol. The minimum atomic E-state index is -1.10. The molecule has 7 heteroatoms. The lowest BCUT2D eigenvalue weighted by Gasteiger charge is -2.07. The van der Waals surface area contributed by atoms with Gasteiger partial charge in [0.1, 0.15) is 0 Å². The van der Waals surface area contributed by atoms with Crippen molar-refractivity contribution >= 4 is 29.3 Å². The van der Waals surface area contributed by atoms with Crippen molar-refractivity contribution in [1.29, 1.82) is 0 Å². The average Bonchev–Trinajstić information content (AvgIpc) is 2.90. The quantitative estimate of drug-likeness (QED) is 0.738. The first-order valence-corrected chi connectivity index (χ1v) is 7.23. The van der Waals surface area contributed by atoms with Gasteiger partial charge in [0.05, 0.1) is 5.75 Å². The van der Waals surface area contributed by atoms with Crippen LogP contribution in [0.25, 0.3) is 0 Å². The standard InChI is InChI=1S/C14H15N3O3S/c1-8-3-4-10(5-9(8)2)16-12(18)7-21-14-15-6-11(17-14)13(19)20/h3-6H,7H2,1-2H3,(H,15,17)(H,16,18)(H,19,20). The third kappa shape index (κ3) is 4.09. The maximum atomic E-state index is 11.8. The lowest BCUT2D eigenvalue weighted by atomic mass is 10.1. The second-order valence-corrected chi connectivity index (χ2v) is 5.50. The van der Waals surface area contributed by atoms with Gasteiger partial charge in [0.25, 0.3) is 0 Å². The van der Waals surface area contributed by atoms with E-state index < -0.39 is 5.97 Å². The second kappa shape index (κ2) is 6.45. The van der Waals surface area contributed by atoms with Crippen LogP contribution in [0, 0.1) is 13.8 Å². The van der Waals surface area contributed by atoms with Crippen LogP contribution in [0.15, 0.2) is 29.6 Å². The molecule has 110 valence electrons. The molecule has 6 nitrogen and oxygen atoms in total. The molecular weight excluding hydrogens is 290 g/mol. The molecule has 0 bridgehead atoms. The van der Waals surface area contributed by atoms with Gasteiger partial charge in [0.2, 0.25) is 5.91 Å². The highest BCUT2D eigenvalue weighted by Gasteiger charge is 2.10. The number of imidazole rings is 1. The summed E-state index contributed by atoms with van der Waals surface area (Å²) in [7, 11) is 0. The Balaban J connectivity index is 1.89. The van der Waals surface area contributed by atoms with Gasteiger partial charge in [0, 0.05) is 11.9 Å². The van der Waals surface area contributed by atoms with E-state index in [4.69, 9.17) is 5.11 Å². The van der Waals surface area contributed by atoms with E-state index in [9.17, 15) is 9.59 Å². The molecule has 0 spiro atoms. The molecule has 1 aromatic carbocycles. The summed E-state index contributed by atoms with van der Waals surface area (Å²) in [6.07, 6.45) is 1.30. The van der Waals surface area contributed by atoms with Crippen LogP contribution in [-0.4, -0.2) is 32.7 Å². The Morgan fingerprint density at radius 3 is 2.71 bits per heavy atom. The predicted octanol–water partition coefficient (Wildman–Crippen LogP) is 2.46. The first-order valence-electron chi connectivity index (χ1n) is 6.24. The molecule has 2 rings (SSSR count). The number of H-pyrrole nitrogens is 1. The van der Waals surface area contributed by atoms with E-state index in [2.05, 4.69) is 15.3 Å². The molecule has 1 aromatic heterocycles. The SMILES string of the molecule is Cc1ccc(NC(=O)CSc2nc(C(=O)O)c[nH]2)cc1C. The third-order valence-corrected chi connectivity index (χ3v) is 3.79. The summed E-state index contributed by atoms with van der Waals surface area (Å²) in [4.78, 5) is 29.1. The third-order valence-electron chi connectivity index (χ3n) is 2.90. The number of carbonyl (C=O) groups is 2. The molecule has 0 aliphatic rings. The number of thioether (sulfide) groups is 1. The van der Waals surface area contributed by atoms with Gasteiger partial charge in [-0.25, -0.2) is 9.78 Å². The molecule has 0 saturated heterocycles. The average molecular weight is 305 g/mol. The number of aromatic nitrogens is 2. The van der Waals surface area contributed by atoms with Gasteiger partial charge in [-0.1, -0.05) is 17.8 Å². The first kappa shape index (κ1) is 15.1. The number of hydrogen-bond donors (Lipinski definition) is 3. The largest absolute Gasteiger partial charge is 0.476 e. The van der Waals surface area contributed by atoms with Crippen molar-refractivity contribution < 1.29 is 14.7 Å². The summed E-state index contributed by atoms with van der Waals surface area (Å²) in [6.45, 7) is 3.99. The molecule has 1 amide bonds. The van der Waals surface area contributed by atoms with Crippen LogP contribution in [0.5, 0.6) is 0 Å². The van der Waals surface area contributed by atoms with Crippen LogP contribution in [0.4, 0.5) is 5.69 Å². The molecule has 0 unspecified atom stereocenters. The number of nitrogens with zero attached hydrogens (tertiary/aromatic N) is 1. The number of carboxylic acid groups (broad SMARTS) is 1. The van der Waals surface area contributed by atoms with Gasteiger partial charge in [-0.15, -0.1) is 0 Å². The zero-order chi connectivity index (χ0) is 15.4. The number of aromatic carboxylic acids is 1. The van der Waals surface area contributed by atoms with Crippen molar-refractivity contribution in [3.63, 3.8) is 0 Å². The van der Waals surface area contributed by atoms with Crippen molar-refractivity contribution in [1.82, 2.24) is 9.97 Å². The number of anilines is 1. The van der Waals surface area contributed by atoms with E-state index >= 15 is 0 Å². The minimum absolute atomic E-state index is 0.0629. The van der Waals surface area contributed by atoms with Crippen LogP contribution in [0.3, 0.4) is 0 Å². The summed E-state index contributed by atoms with van der Waals surface area (Å²) in [6, 6.07) is 5.71. The van der Waals surface area contributed by atoms with Crippen LogP contribution >= 0.6 is 11.8 Å². The molecule has 3 N–H and O–H groups in total. The van der Waals surface area contributed by atoms with Gasteiger partial charge >= 0.3 is 5.97 Å². The number of nitrogens with one attached hydrogen (secondary N) is 2. The maximum absolute atomic E-state index is 11.8. The second-order valence-electron chi connectivity index (χ2n) is 4.53. The van der Waals surface area contributed by atoms with Crippen LogP contribution in [-0.2, 0) is 4.79 Å². The molecule has 0 saturated carbocycles. The Kier molecular flexibility index (Phi) is 4.64. The van der Waals surface area contributed by atoms with E-state index in [0.717, 1.165) is 23.0 Å². The van der Waals surface area contributed by atoms with Crippen LogP contribution < -0.4 is 5.32 Å². The van der Waals surface area contributed by atoms with E-state index in [1.165, 1.54) is 11.8 Å². The fourth-order valence-electron chi connectivity index (χ4n) is 1.64. The molecule has 0 aliphatic heterocycles. The van der Waals surface area contributed by atoms with Gasteiger partial charge in [0.15, 0.2) is 10.9 Å². The Morgan fingerprint density at radius 1 is 1.33 bits per heavy atom. The fourth-order valence-corrected chi connectivity index (χ4v) is 2.28. The van der Waals surface area contributed by atoms with Crippen molar-refractivity contribution in [2.24, 2.45) is 0 Å². The first-order chi connectivity index (χ1) is 9.95. The Bertz CT molecular complexity index is 682. The molecule has 0 aliphatic carbocycles. The molecule has 0 radical (unpaired) electrons. The van der Waals surface area contributed by atoms with Gasteiger partial charge < -0.3 is 15.4 Å². The smallest absolute Gasteiger partial charge is 0.356 e. The van der Waals surface area contributed by atoms with Crippen LogP contribution in [0.2, 0.25) is 0 Å². The lowest BCUT2D eigenvalue weighted by molar-refractivity contribution is -0.113. The number of aromatic amines is 1. The lowest BCUT2D eigenvalue weighted by Crippen LogP contribution is -2.14. The number of aryl methyl sites for hydroxylation is 2. The van der Waals surface area contributed by atoms with E-state index in [-0.39, 0.29) is 17.4 Å². The maximum Gasteiger partial charge on any atom is 0.356 e. The summed E-state index contributed by atoms with van der Waals surface area (Å²) in [5, 5.41) is 11.9. The fraction of sp³-hybridized carbons (Fsp3) is 0.214. The summed E-state index contributed by atoms with van der Waals surface area (Å²) < 4.78 is 0. The van der Waals surface area contributed by atoms with Gasteiger partial charge in [-0.2, -0.15) is 0 Å². The highest BCUT2D eigenvalue weighted by molar-refractivity contribution is 7.99. The van der Waals surface area contributed by atoms with Gasteiger partial charge in [-0.3, -0.25) is 4.79 Å². The number of hydrogen-bond acceptors (Lipinski definition) is 4. The highest BCUT2D eigenvalue weighted by atomic mass is 32.2. The topological polar surface area (TPSA) is 95.1 Å². The van der Waals surface area contributed by atoms with Crippen molar-refractivity contribution in [2.75, 3.05) is 11.1 Å². The Morgan fingerprint density at radius 2 is 2.10 bits per heavy atom. The van der Waals surface area contributed by atoms with Crippen molar-refractivity contribution in [3.8, 4) is 0 Å².